The topological polar surface area (TPSA) is 57.2 Å². The number of nitrogens with zero attached hydrogens (tertiary/aromatic N) is 1. The highest BCUT2D eigenvalue weighted by molar-refractivity contribution is 5.53. The van der Waals surface area contributed by atoms with E-state index in [0.717, 1.165) is 30.8 Å². The summed E-state index contributed by atoms with van der Waals surface area (Å²) in [7, 11) is 0. The van der Waals surface area contributed by atoms with E-state index in [1.807, 2.05) is 13.0 Å². The zero-order chi connectivity index (χ0) is 11.8. The molecule has 0 fully saturated rings. The van der Waals surface area contributed by atoms with Gasteiger partial charge in [-0.25, -0.2) is 0 Å². The second-order valence-electron chi connectivity index (χ2n) is 3.82. The Bertz CT molecular complexity index is 304. The van der Waals surface area contributed by atoms with Crippen LogP contribution in [0.25, 0.3) is 0 Å². The standard InChI is InChI=1S/C12H21N3O/c1-3-5-12(16)9-15-11-6-10(14-4-2)7-13-8-11/h6-8,12,14-16H,3-5,9H2,1-2H3. The van der Waals surface area contributed by atoms with Crippen LogP contribution in [-0.2, 0) is 0 Å². The largest absolute Gasteiger partial charge is 0.391 e. The van der Waals surface area contributed by atoms with E-state index < -0.39 is 0 Å². The molecule has 0 aliphatic rings. The summed E-state index contributed by atoms with van der Waals surface area (Å²) < 4.78 is 0. The number of anilines is 2. The molecule has 1 aromatic heterocycles. The van der Waals surface area contributed by atoms with Crippen molar-refractivity contribution in [3.63, 3.8) is 0 Å². The molecule has 0 aromatic carbocycles. The molecule has 0 aliphatic carbocycles. The van der Waals surface area contributed by atoms with E-state index in [2.05, 4.69) is 22.5 Å². The van der Waals surface area contributed by atoms with Gasteiger partial charge >= 0.3 is 0 Å². The molecule has 0 amide bonds. The van der Waals surface area contributed by atoms with Gasteiger partial charge in [0, 0.05) is 13.1 Å². The van der Waals surface area contributed by atoms with Crippen molar-refractivity contribution < 1.29 is 5.11 Å². The molecule has 0 saturated carbocycles. The van der Waals surface area contributed by atoms with E-state index in [9.17, 15) is 5.11 Å². The van der Waals surface area contributed by atoms with Crippen LogP contribution in [0, 0.1) is 0 Å². The van der Waals surface area contributed by atoms with Gasteiger partial charge in [-0.1, -0.05) is 13.3 Å². The van der Waals surface area contributed by atoms with Gasteiger partial charge < -0.3 is 15.7 Å². The maximum Gasteiger partial charge on any atom is 0.0712 e. The number of nitrogens with one attached hydrogen (secondary N) is 2. The van der Waals surface area contributed by atoms with Crippen molar-refractivity contribution in [3.8, 4) is 0 Å². The molecule has 1 heterocycles. The number of hydrogen-bond acceptors (Lipinski definition) is 4. The third-order valence-corrected chi connectivity index (χ3v) is 2.28. The van der Waals surface area contributed by atoms with Crippen molar-refractivity contribution in [1.82, 2.24) is 4.98 Å². The van der Waals surface area contributed by atoms with Crippen LogP contribution in [0.3, 0.4) is 0 Å². The van der Waals surface area contributed by atoms with Crippen LogP contribution in [0.1, 0.15) is 26.7 Å². The van der Waals surface area contributed by atoms with Crippen molar-refractivity contribution in [1.29, 1.82) is 0 Å². The maximum atomic E-state index is 9.58. The van der Waals surface area contributed by atoms with E-state index >= 15 is 0 Å². The lowest BCUT2D eigenvalue weighted by Crippen LogP contribution is -2.19. The Morgan fingerprint density at radius 1 is 1.25 bits per heavy atom. The van der Waals surface area contributed by atoms with Crippen LogP contribution in [0.2, 0.25) is 0 Å². The second kappa shape index (κ2) is 7.06. The molecule has 0 bridgehead atoms. The smallest absolute Gasteiger partial charge is 0.0712 e. The Balaban J connectivity index is 2.44. The lowest BCUT2D eigenvalue weighted by molar-refractivity contribution is 0.176. The number of aliphatic hydroxyl groups is 1. The Kier molecular flexibility index (Phi) is 5.64. The zero-order valence-corrected chi connectivity index (χ0v) is 10.0. The first kappa shape index (κ1) is 12.8. The summed E-state index contributed by atoms with van der Waals surface area (Å²) in [5.74, 6) is 0. The molecule has 16 heavy (non-hydrogen) atoms. The molecule has 1 rings (SSSR count). The predicted octanol–water partition coefficient (Wildman–Crippen LogP) is 2.09. The van der Waals surface area contributed by atoms with Crippen LogP contribution < -0.4 is 10.6 Å². The average Bonchev–Trinajstić information content (AvgIpc) is 2.28. The van der Waals surface area contributed by atoms with Crippen molar-refractivity contribution in [2.75, 3.05) is 23.7 Å². The lowest BCUT2D eigenvalue weighted by atomic mass is 10.2. The Labute approximate surface area is 97.1 Å². The molecule has 90 valence electrons. The molecule has 0 saturated heterocycles. The van der Waals surface area contributed by atoms with Crippen LogP contribution in [0.5, 0.6) is 0 Å². The normalized spacial score (nSPS) is 12.2. The van der Waals surface area contributed by atoms with Crippen molar-refractivity contribution in [2.24, 2.45) is 0 Å². The molecule has 0 aliphatic heterocycles. The molecule has 0 spiro atoms. The van der Waals surface area contributed by atoms with Gasteiger partial charge in [-0.2, -0.15) is 0 Å². The predicted molar refractivity (Wildman–Crippen MR) is 67.8 cm³/mol. The third-order valence-electron chi connectivity index (χ3n) is 2.28. The number of pyridine rings is 1. The highest BCUT2D eigenvalue weighted by atomic mass is 16.3. The van der Waals surface area contributed by atoms with Gasteiger partial charge in [0.2, 0.25) is 0 Å². The number of aromatic nitrogens is 1. The van der Waals surface area contributed by atoms with Gasteiger partial charge in [0.25, 0.3) is 0 Å². The fourth-order valence-electron chi connectivity index (χ4n) is 1.51. The highest BCUT2D eigenvalue weighted by Crippen LogP contribution is 2.12. The highest BCUT2D eigenvalue weighted by Gasteiger charge is 2.02. The molecule has 1 aromatic rings. The molecule has 3 N–H and O–H groups in total. The van der Waals surface area contributed by atoms with Crippen LogP contribution in [0.15, 0.2) is 18.5 Å². The van der Waals surface area contributed by atoms with Gasteiger partial charge in [0.15, 0.2) is 0 Å². The summed E-state index contributed by atoms with van der Waals surface area (Å²) in [5.41, 5.74) is 1.94. The van der Waals surface area contributed by atoms with E-state index in [0.29, 0.717) is 6.54 Å². The monoisotopic (exact) mass is 223 g/mol. The molecule has 0 radical (unpaired) electrons. The van der Waals surface area contributed by atoms with E-state index in [1.54, 1.807) is 12.4 Å². The zero-order valence-electron chi connectivity index (χ0n) is 10.0. The van der Waals surface area contributed by atoms with E-state index in [-0.39, 0.29) is 6.10 Å². The first-order valence-corrected chi connectivity index (χ1v) is 5.87. The Morgan fingerprint density at radius 2 is 1.94 bits per heavy atom. The van der Waals surface area contributed by atoms with Crippen molar-refractivity contribution in [2.45, 2.75) is 32.8 Å². The number of aliphatic hydroxyl groups excluding tert-OH is 1. The second-order valence-corrected chi connectivity index (χ2v) is 3.82. The van der Waals surface area contributed by atoms with E-state index in [1.165, 1.54) is 0 Å². The van der Waals surface area contributed by atoms with Crippen molar-refractivity contribution in [3.05, 3.63) is 18.5 Å². The molecular weight excluding hydrogens is 202 g/mol. The van der Waals surface area contributed by atoms with E-state index in [4.69, 9.17) is 0 Å². The lowest BCUT2D eigenvalue weighted by Gasteiger charge is -2.12. The van der Waals surface area contributed by atoms with Gasteiger partial charge in [-0.15, -0.1) is 0 Å². The van der Waals surface area contributed by atoms with Crippen molar-refractivity contribution >= 4 is 11.4 Å². The van der Waals surface area contributed by atoms with Gasteiger partial charge in [0.05, 0.1) is 29.9 Å². The summed E-state index contributed by atoms with van der Waals surface area (Å²) in [6, 6.07) is 2.00. The van der Waals surface area contributed by atoms with Gasteiger partial charge in [-0.05, 0) is 19.4 Å². The minimum Gasteiger partial charge on any atom is -0.391 e. The summed E-state index contributed by atoms with van der Waals surface area (Å²) in [6.45, 7) is 5.57. The summed E-state index contributed by atoms with van der Waals surface area (Å²) in [4.78, 5) is 4.12. The average molecular weight is 223 g/mol. The first-order chi connectivity index (χ1) is 7.76. The first-order valence-electron chi connectivity index (χ1n) is 5.87. The Morgan fingerprint density at radius 3 is 2.56 bits per heavy atom. The fourth-order valence-corrected chi connectivity index (χ4v) is 1.51. The van der Waals surface area contributed by atoms with Crippen LogP contribution in [0.4, 0.5) is 11.4 Å². The summed E-state index contributed by atoms with van der Waals surface area (Å²) in [5, 5.41) is 16.0. The Hall–Kier alpha value is -1.29. The van der Waals surface area contributed by atoms with Crippen LogP contribution >= 0.6 is 0 Å². The SMILES string of the molecule is CCCC(O)CNc1cncc(NCC)c1. The van der Waals surface area contributed by atoms with Gasteiger partial charge in [-0.3, -0.25) is 4.98 Å². The maximum absolute atomic E-state index is 9.58. The quantitative estimate of drug-likeness (QED) is 0.662. The van der Waals surface area contributed by atoms with Gasteiger partial charge in [0.1, 0.15) is 0 Å². The summed E-state index contributed by atoms with van der Waals surface area (Å²) in [6.07, 6.45) is 5.09. The van der Waals surface area contributed by atoms with Crippen LogP contribution in [-0.4, -0.2) is 29.3 Å². The number of hydrogen-bond donors (Lipinski definition) is 3. The molecule has 4 nitrogen and oxygen atoms in total. The molecule has 4 heteroatoms. The number of rotatable bonds is 7. The third kappa shape index (κ3) is 4.49. The minimum absolute atomic E-state index is 0.284. The molecular formula is C12H21N3O. The fraction of sp³-hybridized carbons (Fsp3) is 0.583. The summed E-state index contributed by atoms with van der Waals surface area (Å²) >= 11 is 0. The molecule has 1 unspecified atom stereocenters. The molecule has 1 atom stereocenters. The minimum atomic E-state index is -0.284.